The van der Waals surface area contributed by atoms with Gasteiger partial charge in [0.1, 0.15) is 0 Å². The van der Waals surface area contributed by atoms with Crippen molar-refractivity contribution in [2.45, 2.75) is 26.7 Å². The highest BCUT2D eigenvalue weighted by molar-refractivity contribution is 7.06. The molecule has 2 aromatic heterocycles. The van der Waals surface area contributed by atoms with Gasteiger partial charge in [0, 0.05) is 35.4 Å². The van der Waals surface area contributed by atoms with Crippen molar-refractivity contribution in [2.75, 3.05) is 5.32 Å². The Labute approximate surface area is 153 Å². The van der Waals surface area contributed by atoms with Crippen molar-refractivity contribution >= 4 is 23.1 Å². The summed E-state index contributed by atoms with van der Waals surface area (Å²) in [7, 11) is 0. The third kappa shape index (κ3) is 3.91. The van der Waals surface area contributed by atoms with Gasteiger partial charge in [-0.15, -0.1) is 0 Å². The maximum Gasteiger partial charge on any atom is 0.258 e. The summed E-state index contributed by atoms with van der Waals surface area (Å²) in [6.07, 6.45) is 4.62. The molecule has 0 radical (unpaired) electrons. The molecule has 1 amide bonds. The number of anilines is 1. The lowest BCUT2D eigenvalue weighted by atomic mass is 10.1. The quantitative estimate of drug-likeness (QED) is 0.735. The second-order valence-corrected chi connectivity index (χ2v) is 6.54. The predicted octanol–water partition coefficient (Wildman–Crippen LogP) is 3.93. The van der Waals surface area contributed by atoms with Crippen molar-refractivity contribution in [1.82, 2.24) is 14.3 Å². The van der Waals surface area contributed by atoms with E-state index in [9.17, 15) is 13.6 Å². The van der Waals surface area contributed by atoms with Gasteiger partial charge in [0.15, 0.2) is 11.6 Å². The van der Waals surface area contributed by atoms with E-state index in [0.29, 0.717) is 17.7 Å². The van der Waals surface area contributed by atoms with Crippen LogP contribution in [0.3, 0.4) is 0 Å². The SMILES string of the molecule is CCc1cnc(Cc2snc(C)c2C(=O)Nc2ccc(F)c(F)c2)cn1. The van der Waals surface area contributed by atoms with Gasteiger partial charge >= 0.3 is 0 Å². The molecule has 0 atom stereocenters. The molecule has 5 nitrogen and oxygen atoms in total. The number of hydrogen-bond acceptors (Lipinski definition) is 5. The van der Waals surface area contributed by atoms with Crippen LogP contribution in [0.2, 0.25) is 0 Å². The highest BCUT2D eigenvalue weighted by Crippen LogP contribution is 2.23. The number of carbonyl (C=O) groups is 1. The number of benzene rings is 1. The minimum atomic E-state index is -1.02. The zero-order valence-electron chi connectivity index (χ0n) is 14.2. The Morgan fingerprint density at radius 2 is 1.88 bits per heavy atom. The fourth-order valence-electron chi connectivity index (χ4n) is 2.42. The number of aryl methyl sites for hydroxylation is 2. The normalized spacial score (nSPS) is 10.8. The topological polar surface area (TPSA) is 67.8 Å². The summed E-state index contributed by atoms with van der Waals surface area (Å²) in [5.41, 5.74) is 2.79. The summed E-state index contributed by atoms with van der Waals surface area (Å²) in [6, 6.07) is 3.21. The number of hydrogen-bond donors (Lipinski definition) is 1. The van der Waals surface area contributed by atoms with Gasteiger partial charge in [0.25, 0.3) is 5.91 Å². The first-order chi connectivity index (χ1) is 12.5. The zero-order valence-corrected chi connectivity index (χ0v) is 15.0. The van der Waals surface area contributed by atoms with Gasteiger partial charge in [0.2, 0.25) is 0 Å². The van der Waals surface area contributed by atoms with Crippen molar-refractivity contribution in [3.63, 3.8) is 0 Å². The van der Waals surface area contributed by atoms with Gasteiger partial charge in [-0.25, -0.2) is 8.78 Å². The number of amides is 1. The molecule has 0 bridgehead atoms. The summed E-state index contributed by atoms with van der Waals surface area (Å²) in [4.78, 5) is 22.0. The average molecular weight is 374 g/mol. The van der Waals surface area contributed by atoms with E-state index < -0.39 is 17.5 Å². The van der Waals surface area contributed by atoms with E-state index in [1.807, 2.05) is 6.92 Å². The zero-order chi connectivity index (χ0) is 18.7. The van der Waals surface area contributed by atoms with Crippen LogP contribution in [0.5, 0.6) is 0 Å². The van der Waals surface area contributed by atoms with E-state index in [4.69, 9.17) is 0 Å². The minimum absolute atomic E-state index is 0.178. The molecule has 8 heteroatoms. The lowest BCUT2D eigenvalue weighted by Crippen LogP contribution is -2.15. The predicted molar refractivity (Wildman–Crippen MR) is 95.4 cm³/mol. The fraction of sp³-hybridized carbons (Fsp3) is 0.222. The summed E-state index contributed by atoms with van der Waals surface area (Å²) < 4.78 is 30.6. The smallest absolute Gasteiger partial charge is 0.258 e. The molecule has 1 N–H and O–H groups in total. The molecule has 0 saturated carbocycles. The molecule has 26 heavy (non-hydrogen) atoms. The molecule has 0 spiro atoms. The molecule has 134 valence electrons. The molecule has 3 aromatic rings. The Kier molecular flexibility index (Phi) is 5.32. The van der Waals surface area contributed by atoms with Crippen LogP contribution in [0.4, 0.5) is 14.5 Å². The van der Waals surface area contributed by atoms with Gasteiger partial charge in [-0.1, -0.05) is 6.92 Å². The molecule has 3 rings (SSSR count). The number of halogens is 2. The van der Waals surface area contributed by atoms with Crippen LogP contribution in [-0.2, 0) is 12.8 Å². The molecular weight excluding hydrogens is 358 g/mol. The van der Waals surface area contributed by atoms with Crippen LogP contribution in [-0.4, -0.2) is 20.2 Å². The van der Waals surface area contributed by atoms with Crippen LogP contribution in [0.1, 0.15) is 39.2 Å². The lowest BCUT2D eigenvalue weighted by molar-refractivity contribution is 0.102. The van der Waals surface area contributed by atoms with Crippen molar-refractivity contribution in [1.29, 1.82) is 0 Å². The molecule has 0 aliphatic carbocycles. The highest BCUT2D eigenvalue weighted by Gasteiger charge is 2.19. The highest BCUT2D eigenvalue weighted by atomic mass is 32.1. The van der Waals surface area contributed by atoms with Crippen LogP contribution in [0.25, 0.3) is 0 Å². The third-order valence-electron chi connectivity index (χ3n) is 3.80. The number of rotatable bonds is 5. The maximum atomic E-state index is 13.3. The molecule has 0 unspecified atom stereocenters. The first-order valence-corrected chi connectivity index (χ1v) is 8.76. The molecule has 0 aliphatic heterocycles. The van der Waals surface area contributed by atoms with Crippen molar-refractivity contribution < 1.29 is 13.6 Å². The Balaban J connectivity index is 1.81. The molecule has 2 heterocycles. The van der Waals surface area contributed by atoms with Gasteiger partial charge < -0.3 is 5.32 Å². The van der Waals surface area contributed by atoms with Gasteiger partial charge in [-0.05, 0) is 37.0 Å². The van der Waals surface area contributed by atoms with Crippen LogP contribution in [0.15, 0.2) is 30.6 Å². The monoisotopic (exact) mass is 374 g/mol. The molecule has 0 fully saturated rings. The number of carbonyl (C=O) groups excluding carboxylic acids is 1. The molecular formula is C18H16F2N4OS. The van der Waals surface area contributed by atoms with Crippen molar-refractivity contribution in [2.24, 2.45) is 0 Å². The average Bonchev–Trinajstić information content (AvgIpc) is 2.99. The molecule has 0 aliphatic rings. The Hall–Kier alpha value is -2.74. The van der Waals surface area contributed by atoms with E-state index >= 15 is 0 Å². The first kappa shape index (κ1) is 18.1. The first-order valence-electron chi connectivity index (χ1n) is 7.99. The minimum Gasteiger partial charge on any atom is -0.322 e. The van der Waals surface area contributed by atoms with Gasteiger partial charge in [-0.2, -0.15) is 4.37 Å². The standard InChI is InChI=1S/C18H16F2N4OS/c1-3-11-8-22-13(9-21-11)7-16-17(10(2)24-26-16)18(25)23-12-4-5-14(19)15(20)6-12/h4-6,8-9H,3,7H2,1-2H3,(H,23,25). The van der Waals surface area contributed by atoms with E-state index in [-0.39, 0.29) is 5.69 Å². The maximum absolute atomic E-state index is 13.3. The van der Waals surface area contributed by atoms with Crippen molar-refractivity contribution in [3.8, 4) is 0 Å². The lowest BCUT2D eigenvalue weighted by Gasteiger charge is -2.07. The third-order valence-corrected chi connectivity index (χ3v) is 4.73. The van der Waals surface area contributed by atoms with E-state index in [1.165, 1.54) is 17.6 Å². The Morgan fingerprint density at radius 3 is 2.54 bits per heavy atom. The van der Waals surface area contributed by atoms with Gasteiger partial charge in [-0.3, -0.25) is 14.8 Å². The summed E-state index contributed by atoms with van der Waals surface area (Å²) in [5.74, 6) is -2.41. The fourth-order valence-corrected chi connectivity index (χ4v) is 3.30. The van der Waals surface area contributed by atoms with Crippen molar-refractivity contribution in [3.05, 3.63) is 69.7 Å². The Morgan fingerprint density at radius 1 is 1.15 bits per heavy atom. The second-order valence-electron chi connectivity index (χ2n) is 5.68. The summed E-state index contributed by atoms with van der Waals surface area (Å²) in [6.45, 7) is 3.73. The number of nitrogens with one attached hydrogen (secondary N) is 1. The second kappa shape index (κ2) is 7.65. The molecule has 0 saturated heterocycles. The van der Waals surface area contributed by atoms with Crippen LogP contribution < -0.4 is 5.32 Å². The number of nitrogens with zero attached hydrogens (tertiary/aromatic N) is 3. The van der Waals surface area contributed by atoms with E-state index in [0.717, 1.165) is 34.8 Å². The van der Waals surface area contributed by atoms with Gasteiger partial charge in [0.05, 0.1) is 22.6 Å². The van der Waals surface area contributed by atoms with E-state index in [1.54, 1.807) is 19.3 Å². The largest absolute Gasteiger partial charge is 0.322 e. The summed E-state index contributed by atoms with van der Waals surface area (Å²) in [5, 5.41) is 2.58. The van der Waals surface area contributed by atoms with Crippen LogP contribution >= 0.6 is 11.5 Å². The Bertz CT molecular complexity index is 941. The van der Waals surface area contributed by atoms with E-state index in [2.05, 4.69) is 19.7 Å². The molecule has 1 aromatic carbocycles. The number of aromatic nitrogens is 3. The summed E-state index contributed by atoms with van der Waals surface area (Å²) >= 11 is 1.21. The van der Waals surface area contributed by atoms with Crippen LogP contribution in [0, 0.1) is 18.6 Å².